The molecule has 190 valence electrons. The molecule has 0 bridgehead atoms. The summed E-state index contributed by atoms with van der Waals surface area (Å²) in [7, 11) is 0. The van der Waals surface area contributed by atoms with Crippen LogP contribution < -0.4 is 5.32 Å². The van der Waals surface area contributed by atoms with Gasteiger partial charge in [0, 0.05) is 12.6 Å². The number of amides is 1. The molecule has 8 heteroatoms. The number of carbonyl (C=O) groups is 2. The molecule has 2 fully saturated rings. The molecule has 0 aliphatic carbocycles. The fourth-order valence-electron chi connectivity index (χ4n) is 5.40. The van der Waals surface area contributed by atoms with E-state index in [4.69, 9.17) is 9.26 Å². The Kier molecular flexibility index (Phi) is 8.57. The summed E-state index contributed by atoms with van der Waals surface area (Å²) >= 11 is 0. The van der Waals surface area contributed by atoms with Gasteiger partial charge in [-0.05, 0) is 63.7 Å². The van der Waals surface area contributed by atoms with Crippen LogP contribution in [-0.4, -0.2) is 65.7 Å². The maximum Gasteiger partial charge on any atom is 0.331 e. The van der Waals surface area contributed by atoms with Crippen molar-refractivity contribution in [1.29, 1.82) is 0 Å². The Morgan fingerprint density at radius 1 is 1.11 bits per heavy atom. The summed E-state index contributed by atoms with van der Waals surface area (Å²) < 4.78 is 11.1. The lowest BCUT2D eigenvalue weighted by Crippen LogP contribution is -2.54. The largest absolute Gasteiger partial charge is 0.459 e. The van der Waals surface area contributed by atoms with Crippen molar-refractivity contribution in [3.63, 3.8) is 0 Å². The van der Waals surface area contributed by atoms with Gasteiger partial charge in [-0.1, -0.05) is 55.3 Å². The van der Waals surface area contributed by atoms with E-state index in [-0.39, 0.29) is 30.4 Å². The first-order valence-corrected chi connectivity index (χ1v) is 12.9. The molecule has 2 aliphatic heterocycles. The molecule has 2 aliphatic rings. The number of ether oxygens (including phenoxy) is 1. The fourth-order valence-corrected chi connectivity index (χ4v) is 5.40. The van der Waals surface area contributed by atoms with Gasteiger partial charge in [0.15, 0.2) is 5.82 Å². The lowest BCUT2D eigenvalue weighted by Gasteiger charge is -2.42. The van der Waals surface area contributed by atoms with Crippen LogP contribution in [0.4, 0.5) is 5.82 Å². The molecule has 3 heterocycles. The zero-order chi connectivity index (χ0) is 24.7. The van der Waals surface area contributed by atoms with E-state index >= 15 is 0 Å². The maximum atomic E-state index is 14.0. The van der Waals surface area contributed by atoms with Gasteiger partial charge in [-0.2, -0.15) is 0 Å². The molecule has 1 N–H and O–H groups in total. The van der Waals surface area contributed by atoms with Gasteiger partial charge in [-0.3, -0.25) is 14.6 Å². The highest BCUT2D eigenvalue weighted by atomic mass is 16.5. The summed E-state index contributed by atoms with van der Waals surface area (Å²) in [6.07, 6.45) is 7.56. The van der Waals surface area contributed by atoms with Gasteiger partial charge >= 0.3 is 5.97 Å². The molecule has 0 radical (unpaired) electrons. The second-order valence-electron chi connectivity index (χ2n) is 9.91. The number of aromatic nitrogens is 1. The van der Waals surface area contributed by atoms with Crippen molar-refractivity contribution in [2.24, 2.45) is 5.92 Å². The highest BCUT2D eigenvalue weighted by Crippen LogP contribution is 2.34. The SMILES string of the molecule is CCC1CCN(CC(=O)Nc2ccon2)C[C@@H]1OC(=O)C(C)(c1ccccc1)N1CCCCCC1. The Morgan fingerprint density at radius 2 is 1.86 bits per heavy atom. The molecule has 4 rings (SSSR count). The number of anilines is 1. The minimum atomic E-state index is -0.837. The molecule has 0 saturated carbocycles. The van der Waals surface area contributed by atoms with Crippen LogP contribution in [0.25, 0.3) is 0 Å². The number of hydrogen-bond acceptors (Lipinski definition) is 7. The number of benzene rings is 1. The van der Waals surface area contributed by atoms with E-state index in [0.29, 0.717) is 12.4 Å². The Hall–Kier alpha value is -2.71. The zero-order valence-electron chi connectivity index (χ0n) is 20.9. The molecule has 1 aromatic heterocycles. The van der Waals surface area contributed by atoms with E-state index in [2.05, 4.69) is 27.2 Å². The highest BCUT2D eigenvalue weighted by Gasteiger charge is 2.45. The molecule has 8 nitrogen and oxygen atoms in total. The van der Waals surface area contributed by atoms with E-state index in [0.717, 1.165) is 50.9 Å². The zero-order valence-corrected chi connectivity index (χ0v) is 20.9. The smallest absolute Gasteiger partial charge is 0.331 e. The summed E-state index contributed by atoms with van der Waals surface area (Å²) in [5.41, 5.74) is 0.135. The lowest BCUT2D eigenvalue weighted by molar-refractivity contribution is -0.170. The quantitative estimate of drug-likeness (QED) is 0.568. The number of esters is 1. The van der Waals surface area contributed by atoms with Crippen LogP contribution in [0.1, 0.15) is 57.9 Å². The van der Waals surface area contributed by atoms with E-state index < -0.39 is 5.54 Å². The van der Waals surface area contributed by atoms with Crippen molar-refractivity contribution in [2.75, 3.05) is 38.0 Å². The number of nitrogens with zero attached hydrogens (tertiary/aromatic N) is 3. The number of piperidine rings is 1. The topological polar surface area (TPSA) is 87.9 Å². The molecule has 3 atom stereocenters. The fraction of sp³-hybridized carbons (Fsp3) is 0.593. The van der Waals surface area contributed by atoms with Crippen molar-refractivity contribution >= 4 is 17.7 Å². The summed E-state index contributed by atoms with van der Waals surface area (Å²) in [5.74, 6) is 0.330. The standard InChI is InChI=1S/C27H38N4O4/c1-3-21-13-17-30(20-25(32)28-24-14-18-34-29-24)19-23(21)35-26(33)27(2,22-11-7-6-8-12-22)31-15-9-4-5-10-16-31/h6-8,11-12,14,18,21,23H,3-5,9-10,13,15-17,19-20H2,1-2H3,(H,28,29,32)/t21?,23-,27?/m0/s1. The van der Waals surface area contributed by atoms with Gasteiger partial charge in [0.05, 0.1) is 6.54 Å². The van der Waals surface area contributed by atoms with E-state index in [9.17, 15) is 9.59 Å². The Balaban J connectivity index is 1.48. The van der Waals surface area contributed by atoms with Gasteiger partial charge in [0.25, 0.3) is 0 Å². The number of hydrogen-bond donors (Lipinski definition) is 1. The first-order chi connectivity index (χ1) is 17.0. The van der Waals surface area contributed by atoms with Gasteiger partial charge in [-0.25, -0.2) is 4.79 Å². The molecule has 2 unspecified atom stereocenters. The Labute approximate surface area is 208 Å². The summed E-state index contributed by atoms with van der Waals surface area (Å²) in [6.45, 7) is 7.49. The van der Waals surface area contributed by atoms with Gasteiger partial charge in [0.2, 0.25) is 5.91 Å². The predicted octanol–water partition coefficient (Wildman–Crippen LogP) is 4.05. The third-order valence-electron chi connectivity index (χ3n) is 7.61. The van der Waals surface area contributed by atoms with Crippen LogP contribution in [0, 0.1) is 5.92 Å². The number of nitrogens with one attached hydrogen (secondary N) is 1. The Morgan fingerprint density at radius 3 is 2.51 bits per heavy atom. The highest BCUT2D eigenvalue weighted by molar-refractivity contribution is 5.91. The van der Waals surface area contributed by atoms with Crippen LogP contribution in [-0.2, 0) is 19.9 Å². The monoisotopic (exact) mass is 482 g/mol. The predicted molar refractivity (Wildman–Crippen MR) is 134 cm³/mol. The van der Waals surface area contributed by atoms with Crippen molar-refractivity contribution in [3.8, 4) is 0 Å². The number of rotatable bonds is 8. The van der Waals surface area contributed by atoms with Crippen molar-refractivity contribution < 1.29 is 18.8 Å². The molecule has 0 spiro atoms. The van der Waals surface area contributed by atoms with Gasteiger partial charge in [-0.15, -0.1) is 0 Å². The molecular formula is C27H38N4O4. The van der Waals surface area contributed by atoms with E-state index in [1.54, 1.807) is 6.07 Å². The molecular weight excluding hydrogens is 444 g/mol. The molecule has 35 heavy (non-hydrogen) atoms. The van der Waals surface area contributed by atoms with Crippen LogP contribution >= 0.6 is 0 Å². The number of carbonyl (C=O) groups excluding carboxylic acids is 2. The summed E-state index contributed by atoms with van der Waals surface area (Å²) in [6, 6.07) is 11.6. The molecule has 2 aromatic rings. The lowest BCUT2D eigenvalue weighted by atomic mass is 9.88. The van der Waals surface area contributed by atoms with Crippen LogP contribution in [0.15, 0.2) is 47.2 Å². The third kappa shape index (κ3) is 6.11. The van der Waals surface area contributed by atoms with Gasteiger partial charge < -0.3 is 14.6 Å². The third-order valence-corrected chi connectivity index (χ3v) is 7.61. The molecule has 1 aromatic carbocycles. The minimum Gasteiger partial charge on any atom is -0.459 e. The second-order valence-corrected chi connectivity index (χ2v) is 9.91. The Bertz CT molecular complexity index is 943. The first-order valence-electron chi connectivity index (χ1n) is 12.9. The normalized spacial score (nSPS) is 23.7. The summed E-state index contributed by atoms with van der Waals surface area (Å²) in [4.78, 5) is 30.8. The maximum absolute atomic E-state index is 14.0. The van der Waals surface area contributed by atoms with E-state index in [1.165, 1.54) is 19.1 Å². The van der Waals surface area contributed by atoms with Gasteiger partial charge in [0.1, 0.15) is 17.9 Å². The number of likely N-dealkylation sites (tertiary alicyclic amines) is 2. The average molecular weight is 483 g/mol. The van der Waals surface area contributed by atoms with Crippen molar-refractivity contribution in [1.82, 2.24) is 15.0 Å². The molecule has 1 amide bonds. The average Bonchev–Trinajstić information content (AvgIpc) is 3.22. The molecule has 2 saturated heterocycles. The second kappa shape index (κ2) is 11.8. The minimum absolute atomic E-state index is 0.155. The van der Waals surface area contributed by atoms with Crippen LogP contribution in [0.2, 0.25) is 0 Å². The van der Waals surface area contributed by atoms with Crippen molar-refractivity contribution in [3.05, 3.63) is 48.2 Å². The van der Waals surface area contributed by atoms with Crippen LogP contribution in [0.5, 0.6) is 0 Å². The van der Waals surface area contributed by atoms with Crippen molar-refractivity contribution in [2.45, 2.75) is 64.0 Å². The van der Waals surface area contributed by atoms with Crippen LogP contribution in [0.3, 0.4) is 0 Å². The first kappa shape index (κ1) is 25.4. The summed E-state index contributed by atoms with van der Waals surface area (Å²) in [5, 5.41) is 6.48. The van der Waals surface area contributed by atoms with E-state index in [1.807, 2.05) is 37.3 Å².